The van der Waals surface area contributed by atoms with E-state index < -0.39 is 0 Å². The summed E-state index contributed by atoms with van der Waals surface area (Å²) in [6, 6.07) is 15.4. The van der Waals surface area contributed by atoms with Crippen LogP contribution in [0.2, 0.25) is 0 Å². The molecule has 0 saturated heterocycles. The molecule has 3 aromatic rings. The number of aryl methyl sites for hydroxylation is 1. The number of unbranched alkanes of at least 4 members (excludes halogenated alkanes) is 3. The van der Waals surface area contributed by atoms with Crippen molar-refractivity contribution in [2.75, 3.05) is 11.9 Å². The molecule has 0 fully saturated rings. The van der Waals surface area contributed by atoms with E-state index in [9.17, 15) is 4.79 Å². The van der Waals surface area contributed by atoms with Gasteiger partial charge in [0.2, 0.25) is 5.91 Å². The maximum Gasteiger partial charge on any atom is 0.244 e. The lowest BCUT2D eigenvalue weighted by molar-refractivity contribution is -0.116. The van der Waals surface area contributed by atoms with Crippen LogP contribution in [0.5, 0.6) is 5.75 Å². The van der Waals surface area contributed by atoms with Crippen molar-refractivity contribution in [1.29, 1.82) is 0 Å². The quantitative estimate of drug-likeness (QED) is 0.546. The fourth-order valence-electron chi connectivity index (χ4n) is 3.09. The maximum absolute atomic E-state index is 12.4. The molecule has 5 nitrogen and oxygen atoms in total. The summed E-state index contributed by atoms with van der Waals surface area (Å²) in [4.78, 5) is 16.9. The largest absolute Gasteiger partial charge is 0.494 e. The zero-order valence-electron chi connectivity index (χ0n) is 16.1. The summed E-state index contributed by atoms with van der Waals surface area (Å²) in [7, 11) is 0. The number of fused-ring (bicyclic) bond motifs is 1. The summed E-state index contributed by atoms with van der Waals surface area (Å²) < 4.78 is 7.67. The third kappa shape index (κ3) is 5.09. The Balaban J connectivity index is 1.54. The van der Waals surface area contributed by atoms with Crippen molar-refractivity contribution in [3.63, 3.8) is 0 Å². The third-order valence-corrected chi connectivity index (χ3v) is 4.55. The van der Waals surface area contributed by atoms with Crippen LogP contribution in [0.4, 0.5) is 5.69 Å². The number of nitrogens with one attached hydrogen (secondary N) is 1. The molecule has 1 aromatic heterocycles. The summed E-state index contributed by atoms with van der Waals surface area (Å²) in [6.07, 6.45) is 4.75. The molecule has 0 aliphatic heterocycles. The number of ether oxygens (including phenoxy) is 1. The first-order valence-corrected chi connectivity index (χ1v) is 9.62. The van der Waals surface area contributed by atoms with Crippen LogP contribution >= 0.6 is 0 Å². The fourth-order valence-corrected chi connectivity index (χ4v) is 3.09. The van der Waals surface area contributed by atoms with E-state index in [0.29, 0.717) is 0 Å². The average molecular weight is 365 g/mol. The van der Waals surface area contributed by atoms with Gasteiger partial charge >= 0.3 is 0 Å². The van der Waals surface area contributed by atoms with Gasteiger partial charge in [-0.3, -0.25) is 4.79 Å². The zero-order valence-corrected chi connectivity index (χ0v) is 16.1. The van der Waals surface area contributed by atoms with Gasteiger partial charge in [0, 0.05) is 5.69 Å². The molecule has 0 radical (unpaired) electrons. The summed E-state index contributed by atoms with van der Waals surface area (Å²) in [5.74, 6) is 1.59. The van der Waals surface area contributed by atoms with Crippen LogP contribution in [0, 0.1) is 6.92 Å². The Hall–Kier alpha value is -2.82. The zero-order chi connectivity index (χ0) is 19.1. The number of rotatable bonds is 9. The van der Waals surface area contributed by atoms with E-state index in [2.05, 4.69) is 17.2 Å². The topological polar surface area (TPSA) is 56.1 Å². The summed E-state index contributed by atoms with van der Waals surface area (Å²) in [5.41, 5.74) is 2.64. The number of hydrogen-bond acceptors (Lipinski definition) is 3. The van der Waals surface area contributed by atoms with Gasteiger partial charge in [-0.2, -0.15) is 0 Å². The summed E-state index contributed by atoms with van der Waals surface area (Å²) in [6.45, 7) is 5.09. The van der Waals surface area contributed by atoms with Gasteiger partial charge in [-0.05, 0) is 49.7 Å². The average Bonchev–Trinajstić information content (AvgIpc) is 2.98. The number of carbonyl (C=O) groups is 1. The number of nitrogens with zero attached hydrogens (tertiary/aromatic N) is 2. The molecule has 5 heteroatoms. The highest BCUT2D eigenvalue weighted by atomic mass is 16.5. The summed E-state index contributed by atoms with van der Waals surface area (Å²) in [5, 5.41) is 2.94. The van der Waals surface area contributed by atoms with E-state index in [0.717, 1.165) is 41.3 Å². The van der Waals surface area contributed by atoms with Gasteiger partial charge in [-0.1, -0.05) is 38.3 Å². The first-order chi connectivity index (χ1) is 13.2. The molecule has 1 amide bonds. The minimum atomic E-state index is -0.0745. The molecule has 27 heavy (non-hydrogen) atoms. The van der Waals surface area contributed by atoms with Gasteiger partial charge in [0.05, 0.1) is 17.6 Å². The lowest BCUT2D eigenvalue weighted by Gasteiger charge is -2.10. The predicted octanol–water partition coefficient (Wildman–Crippen LogP) is 4.94. The molecule has 1 heterocycles. The Morgan fingerprint density at radius 3 is 2.63 bits per heavy atom. The SMILES string of the molecule is CCCCCCOc1ccc(NC(=O)Cn2c(C)nc3ccccc32)cc1. The van der Waals surface area contributed by atoms with Gasteiger partial charge in [0.1, 0.15) is 18.1 Å². The fraction of sp³-hybridized carbons (Fsp3) is 0.364. The monoisotopic (exact) mass is 365 g/mol. The Labute approximate surface area is 160 Å². The lowest BCUT2D eigenvalue weighted by Crippen LogP contribution is -2.19. The molecule has 0 unspecified atom stereocenters. The second kappa shape index (κ2) is 9.21. The Morgan fingerprint density at radius 1 is 1.07 bits per heavy atom. The number of benzene rings is 2. The third-order valence-electron chi connectivity index (χ3n) is 4.55. The van der Waals surface area contributed by atoms with Crippen LogP contribution in [0.25, 0.3) is 11.0 Å². The number of amides is 1. The van der Waals surface area contributed by atoms with E-state index in [1.807, 2.05) is 60.0 Å². The lowest BCUT2D eigenvalue weighted by atomic mass is 10.2. The van der Waals surface area contributed by atoms with Crippen molar-refractivity contribution in [2.45, 2.75) is 46.1 Å². The van der Waals surface area contributed by atoms with E-state index in [-0.39, 0.29) is 12.5 Å². The number of carbonyl (C=O) groups excluding carboxylic acids is 1. The van der Waals surface area contributed by atoms with Crippen LogP contribution < -0.4 is 10.1 Å². The summed E-state index contributed by atoms with van der Waals surface area (Å²) >= 11 is 0. The molecule has 0 atom stereocenters. The van der Waals surface area contributed by atoms with Crippen LogP contribution in [0.15, 0.2) is 48.5 Å². The molecule has 0 aliphatic carbocycles. The number of hydrogen-bond donors (Lipinski definition) is 1. The first-order valence-electron chi connectivity index (χ1n) is 9.62. The smallest absolute Gasteiger partial charge is 0.244 e. The van der Waals surface area contributed by atoms with E-state index in [1.165, 1.54) is 19.3 Å². The minimum absolute atomic E-state index is 0.0745. The minimum Gasteiger partial charge on any atom is -0.494 e. The molecule has 0 bridgehead atoms. The highest BCUT2D eigenvalue weighted by molar-refractivity contribution is 5.91. The van der Waals surface area contributed by atoms with Gasteiger partial charge in [0.25, 0.3) is 0 Å². The van der Waals surface area contributed by atoms with E-state index in [1.54, 1.807) is 0 Å². The Bertz CT molecular complexity index is 884. The second-order valence-electron chi connectivity index (χ2n) is 6.72. The van der Waals surface area contributed by atoms with Crippen LogP contribution in [0.1, 0.15) is 38.4 Å². The van der Waals surface area contributed by atoms with Crippen LogP contribution in [-0.4, -0.2) is 22.1 Å². The van der Waals surface area contributed by atoms with Crippen LogP contribution in [-0.2, 0) is 11.3 Å². The molecule has 0 spiro atoms. The van der Waals surface area contributed by atoms with Crippen molar-refractivity contribution in [3.8, 4) is 5.75 Å². The molecule has 142 valence electrons. The Kier molecular flexibility index (Phi) is 6.47. The number of aromatic nitrogens is 2. The molecular formula is C22H27N3O2. The first kappa shape index (κ1) is 19.0. The second-order valence-corrected chi connectivity index (χ2v) is 6.72. The molecule has 0 aliphatic rings. The molecule has 0 saturated carbocycles. The normalized spacial score (nSPS) is 10.9. The molecule has 1 N–H and O–H groups in total. The van der Waals surface area contributed by atoms with Gasteiger partial charge in [-0.25, -0.2) is 4.98 Å². The van der Waals surface area contributed by atoms with Crippen molar-refractivity contribution in [3.05, 3.63) is 54.4 Å². The molecular weight excluding hydrogens is 338 g/mol. The van der Waals surface area contributed by atoms with Crippen molar-refractivity contribution in [2.24, 2.45) is 0 Å². The molecule has 3 rings (SSSR count). The highest BCUT2D eigenvalue weighted by Crippen LogP contribution is 2.18. The predicted molar refractivity (Wildman–Crippen MR) is 109 cm³/mol. The van der Waals surface area contributed by atoms with Crippen molar-refractivity contribution in [1.82, 2.24) is 9.55 Å². The highest BCUT2D eigenvalue weighted by Gasteiger charge is 2.11. The Morgan fingerprint density at radius 2 is 1.85 bits per heavy atom. The standard InChI is InChI=1S/C22H27N3O2/c1-3-4-5-8-15-27-19-13-11-18(12-14-19)24-22(26)16-25-17(2)23-20-9-6-7-10-21(20)25/h6-7,9-14H,3-5,8,15-16H2,1-2H3,(H,24,26). The van der Waals surface area contributed by atoms with Gasteiger partial charge in [0.15, 0.2) is 0 Å². The van der Waals surface area contributed by atoms with Gasteiger partial charge in [-0.15, -0.1) is 0 Å². The molecule has 2 aromatic carbocycles. The number of para-hydroxylation sites is 2. The van der Waals surface area contributed by atoms with Crippen molar-refractivity contribution < 1.29 is 9.53 Å². The number of imidazole rings is 1. The van der Waals surface area contributed by atoms with Gasteiger partial charge < -0.3 is 14.6 Å². The van der Waals surface area contributed by atoms with Crippen molar-refractivity contribution >= 4 is 22.6 Å². The maximum atomic E-state index is 12.4. The van der Waals surface area contributed by atoms with Crippen LogP contribution in [0.3, 0.4) is 0 Å². The van der Waals surface area contributed by atoms with E-state index >= 15 is 0 Å². The number of anilines is 1. The van der Waals surface area contributed by atoms with E-state index in [4.69, 9.17) is 4.74 Å².